The van der Waals surface area contributed by atoms with Gasteiger partial charge in [-0.1, -0.05) is 23.2 Å². The lowest BCUT2D eigenvalue weighted by Crippen LogP contribution is -2.25. The maximum atomic E-state index is 11.8. The number of hydrogen-bond acceptors (Lipinski definition) is 3. The molecule has 1 aromatic rings. The van der Waals surface area contributed by atoms with Crippen LogP contribution < -0.4 is 4.72 Å². The van der Waals surface area contributed by atoms with Gasteiger partial charge in [-0.05, 0) is 24.6 Å². The molecule has 0 aromatic heterocycles. The molecule has 0 spiro atoms. The monoisotopic (exact) mass is 292 g/mol. The lowest BCUT2D eigenvalue weighted by atomic mass is 10.3. The molecule has 7 heteroatoms. The van der Waals surface area contributed by atoms with Gasteiger partial charge in [-0.2, -0.15) is 5.26 Å². The van der Waals surface area contributed by atoms with Crippen LogP contribution in [0.1, 0.15) is 12.8 Å². The van der Waals surface area contributed by atoms with Crippen LogP contribution in [-0.4, -0.2) is 15.0 Å². The van der Waals surface area contributed by atoms with Gasteiger partial charge in [-0.25, -0.2) is 13.1 Å². The van der Waals surface area contributed by atoms with E-state index in [4.69, 9.17) is 28.5 Å². The Morgan fingerprint density at radius 3 is 2.71 bits per heavy atom. The molecule has 0 heterocycles. The minimum Gasteiger partial charge on any atom is -0.211 e. The second-order valence-corrected chi connectivity index (χ2v) is 5.81. The summed E-state index contributed by atoms with van der Waals surface area (Å²) in [5, 5.41) is 8.74. The van der Waals surface area contributed by atoms with Gasteiger partial charge < -0.3 is 0 Å². The Labute approximate surface area is 110 Å². The molecule has 0 radical (unpaired) electrons. The van der Waals surface area contributed by atoms with E-state index in [1.54, 1.807) is 0 Å². The van der Waals surface area contributed by atoms with E-state index in [0.29, 0.717) is 17.9 Å². The van der Waals surface area contributed by atoms with E-state index in [1.165, 1.54) is 18.2 Å². The predicted molar refractivity (Wildman–Crippen MR) is 66.5 cm³/mol. The number of unbranched alkanes of at least 4 members (excludes halogenated alkanes) is 1. The van der Waals surface area contributed by atoms with Crippen molar-refractivity contribution in [3.05, 3.63) is 28.2 Å². The van der Waals surface area contributed by atoms with Crippen LogP contribution in [0.4, 0.5) is 0 Å². The predicted octanol–water partition coefficient (Wildman–Crippen LogP) is 2.58. The summed E-state index contributed by atoms with van der Waals surface area (Å²) in [5.74, 6) is 0. The first kappa shape index (κ1) is 14.3. The third-order valence-corrected chi connectivity index (χ3v) is 4.12. The van der Waals surface area contributed by atoms with Crippen LogP contribution in [-0.2, 0) is 10.0 Å². The smallest absolute Gasteiger partial charge is 0.211 e. The molecule has 0 saturated heterocycles. The molecule has 0 fully saturated rings. The van der Waals surface area contributed by atoms with E-state index >= 15 is 0 Å². The van der Waals surface area contributed by atoms with Gasteiger partial charge in [-0.15, -0.1) is 0 Å². The highest BCUT2D eigenvalue weighted by Crippen LogP contribution is 2.24. The zero-order valence-corrected chi connectivity index (χ0v) is 11.1. The van der Waals surface area contributed by atoms with Gasteiger partial charge in [0.2, 0.25) is 10.0 Å². The average molecular weight is 293 g/mol. The molecular formula is C10H10Cl2N2O2S. The molecule has 0 unspecified atom stereocenters. The van der Waals surface area contributed by atoms with Crippen molar-refractivity contribution in [3.8, 4) is 6.07 Å². The Balaban J connectivity index is 2.83. The Hall–Kier alpha value is -0.800. The van der Waals surface area contributed by atoms with Crippen LogP contribution in [0.25, 0.3) is 0 Å². The molecule has 0 aliphatic heterocycles. The number of nitrogens with one attached hydrogen (secondary N) is 1. The summed E-state index contributed by atoms with van der Waals surface area (Å²) in [6, 6.07) is 6.16. The fraction of sp³-hybridized carbons (Fsp3) is 0.300. The van der Waals surface area contributed by atoms with E-state index in [0.717, 1.165) is 0 Å². The quantitative estimate of drug-likeness (QED) is 0.848. The van der Waals surface area contributed by atoms with Gasteiger partial charge in [0.1, 0.15) is 4.90 Å². The second kappa shape index (κ2) is 6.22. The van der Waals surface area contributed by atoms with Crippen molar-refractivity contribution in [3.63, 3.8) is 0 Å². The normalized spacial score (nSPS) is 11.1. The van der Waals surface area contributed by atoms with E-state index in [9.17, 15) is 8.42 Å². The molecule has 0 aliphatic rings. The number of nitriles is 1. The zero-order valence-electron chi connectivity index (χ0n) is 8.78. The molecule has 1 rings (SSSR count). The number of nitrogens with zero attached hydrogens (tertiary/aromatic N) is 1. The molecule has 0 aliphatic carbocycles. The molecule has 0 amide bonds. The zero-order chi connectivity index (χ0) is 12.9. The van der Waals surface area contributed by atoms with E-state index in [2.05, 4.69) is 4.72 Å². The maximum Gasteiger partial charge on any atom is 0.242 e. The van der Waals surface area contributed by atoms with Gasteiger partial charge in [0.25, 0.3) is 0 Å². The highest BCUT2D eigenvalue weighted by atomic mass is 35.5. The minimum absolute atomic E-state index is 0.0522. The highest BCUT2D eigenvalue weighted by molar-refractivity contribution is 7.89. The van der Waals surface area contributed by atoms with Gasteiger partial charge in [-0.3, -0.25) is 0 Å². The van der Waals surface area contributed by atoms with Crippen molar-refractivity contribution in [2.75, 3.05) is 6.54 Å². The maximum absolute atomic E-state index is 11.8. The number of sulfonamides is 1. The number of halogens is 2. The lowest BCUT2D eigenvalue weighted by molar-refractivity contribution is 0.579. The van der Waals surface area contributed by atoms with E-state index < -0.39 is 10.0 Å². The third-order valence-electron chi connectivity index (χ3n) is 1.94. The Morgan fingerprint density at radius 1 is 1.35 bits per heavy atom. The van der Waals surface area contributed by atoms with Crippen molar-refractivity contribution in [1.29, 1.82) is 5.26 Å². The Morgan fingerprint density at radius 2 is 2.06 bits per heavy atom. The molecule has 92 valence electrons. The van der Waals surface area contributed by atoms with Crippen LogP contribution >= 0.6 is 23.2 Å². The molecule has 17 heavy (non-hydrogen) atoms. The molecular weight excluding hydrogens is 283 g/mol. The molecule has 0 atom stereocenters. The van der Waals surface area contributed by atoms with Crippen LogP contribution in [0.2, 0.25) is 10.0 Å². The molecule has 4 nitrogen and oxygen atoms in total. The molecule has 1 aromatic carbocycles. The van der Waals surface area contributed by atoms with Crippen molar-refractivity contribution < 1.29 is 8.42 Å². The van der Waals surface area contributed by atoms with Crippen molar-refractivity contribution in [1.82, 2.24) is 4.72 Å². The van der Waals surface area contributed by atoms with Crippen molar-refractivity contribution in [2.45, 2.75) is 17.7 Å². The third kappa shape index (κ3) is 4.17. The summed E-state index contributed by atoms with van der Waals surface area (Å²) in [6.07, 6.45) is 0.750. The summed E-state index contributed by atoms with van der Waals surface area (Å²) in [4.78, 5) is -0.0522. The molecule has 0 saturated carbocycles. The van der Waals surface area contributed by atoms with E-state index in [1.807, 2.05) is 6.07 Å². The minimum atomic E-state index is -3.67. The second-order valence-electron chi connectivity index (χ2n) is 3.23. The average Bonchev–Trinajstić information content (AvgIpc) is 2.28. The van der Waals surface area contributed by atoms with Gasteiger partial charge in [0, 0.05) is 18.0 Å². The standard InChI is InChI=1S/C10H10Cl2N2O2S/c11-8-3-4-9(12)10(7-8)17(15,16)14-6-2-1-5-13/h3-4,7,14H,1-2,6H2. The fourth-order valence-electron chi connectivity index (χ4n) is 1.13. The summed E-state index contributed by atoms with van der Waals surface area (Å²) in [6.45, 7) is 0.193. The Bertz CT molecular complexity index is 538. The van der Waals surface area contributed by atoms with E-state index in [-0.39, 0.29) is 16.5 Å². The SMILES string of the molecule is N#CCCCNS(=O)(=O)c1cc(Cl)ccc1Cl. The summed E-state index contributed by atoms with van der Waals surface area (Å²) < 4.78 is 26.0. The Kier molecular flexibility index (Phi) is 5.22. The summed E-state index contributed by atoms with van der Waals surface area (Å²) in [7, 11) is -3.67. The first-order valence-corrected chi connectivity index (χ1v) is 7.03. The van der Waals surface area contributed by atoms with Gasteiger partial charge in [0.05, 0.1) is 11.1 Å². The lowest BCUT2D eigenvalue weighted by Gasteiger charge is -2.07. The molecule has 0 bridgehead atoms. The number of hydrogen-bond donors (Lipinski definition) is 1. The number of rotatable bonds is 5. The summed E-state index contributed by atoms with van der Waals surface area (Å²) >= 11 is 11.5. The fourth-order valence-corrected chi connectivity index (χ4v) is 2.97. The topological polar surface area (TPSA) is 70.0 Å². The van der Waals surface area contributed by atoms with Gasteiger partial charge in [0.15, 0.2) is 0 Å². The summed E-state index contributed by atoms with van der Waals surface area (Å²) in [5.41, 5.74) is 0. The molecule has 1 N–H and O–H groups in total. The van der Waals surface area contributed by atoms with Crippen LogP contribution in [0.3, 0.4) is 0 Å². The largest absolute Gasteiger partial charge is 0.242 e. The van der Waals surface area contributed by atoms with Crippen LogP contribution in [0.15, 0.2) is 23.1 Å². The highest BCUT2D eigenvalue weighted by Gasteiger charge is 2.17. The first-order valence-electron chi connectivity index (χ1n) is 4.79. The van der Waals surface area contributed by atoms with Gasteiger partial charge >= 0.3 is 0 Å². The first-order chi connectivity index (χ1) is 7.97. The van der Waals surface area contributed by atoms with Crippen LogP contribution in [0, 0.1) is 11.3 Å². The van der Waals surface area contributed by atoms with Crippen LogP contribution in [0.5, 0.6) is 0 Å². The number of benzene rings is 1. The van der Waals surface area contributed by atoms with Crippen molar-refractivity contribution in [2.24, 2.45) is 0 Å². The van der Waals surface area contributed by atoms with Crippen molar-refractivity contribution >= 4 is 33.2 Å².